The first-order valence-electron chi connectivity index (χ1n) is 6.16. The molecule has 0 bridgehead atoms. The number of halogens is 3. The van der Waals surface area contributed by atoms with Gasteiger partial charge in [0.25, 0.3) is 5.91 Å². The van der Waals surface area contributed by atoms with Crippen molar-refractivity contribution in [2.75, 3.05) is 14.1 Å². The summed E-state index contributed by atoms with van der Waals surface area (Å²) in [7, 11) is 2.90. The first kappa shape index (κ1) is 15.7. The van der Waals surface area contributed by atoms with Gasteiger partial charge in [-0.1, -0.05) is 0 Å². The summed E-state index contributed by atoms with van der Waals surface area (Å²) in [6.07, 6.45) is -1.82. The minimum Gasteiger partial charge on any atom is -0.424 e. The summed E-state index contributed by atoms with van der Waals surface area (Å²) in [6.45, 7) is 0. The van der Waals surface area contributed by atoms with E-state index in [2.05, 4.69) is 9.97 Å². The molecule has 0 aliphatic carbocycles. The van der Waals surface area contributed by atoms with Crippen molar-refractivity contribution in [3.63, 3.8) is 0 Å². The van der Waals surface area contributed by atoms with Gasteiger partial charge in [-0.2, -0.15) is 13.2 Å². The summed E-state index contributed by atoms with van der Waals surface area (Å²) in [5.41, 5.74) is -1.11. The quantitative estimate of drug-likeness (QED) is 0.874. The van der Waals surface area contributed by atoms with Gasteiger partial charge in [0.15, 0.2) is 0 Å². The summed E-state index contributed by atoms with van der Waals surface area (Å²) < 4.78 is 44.0. The molecular weight excluding hydrogens is 299 g/mol. The highest BCUT2D eigenvalue weighted by Gasteiger charge is 2.32. The van der Waals surface area contributed by atoms with Crippen molar-refractivity contribution in [1.29, 1.82) is 0 Å². The van der Waals surface area contributed by atoms with Crippen molar-refractivity contribution in [2.24, 2.45) is 0 Å². The van der Waals surface area contributed by atoms with Crippen molar-refractivity contribution < 1.29 is 22.7 Å². The lowest BCUT2D eigenvalue weighted by Crippen LogP contribution is -2.22. The minimum atomic E-state index is -4.60. The number of hydrogen-bond donors (Lipinski definition) is 0. The fourth-order valence-corrected chi connectivity index (χ4v) is 1.65. The molecule has 2 aromatic rings. The lowest BCUT2D eigenvalue weighted by Gasteiger charge is -2.14. The van der Waals surface area contributed by atoms with Gasteiger partial charge in [0.2, 0.25) is 0 Å². The second-order valence-electron chi connectivity index (χ2n) is 4.58. The van der Waals surface area contributed by atoms with Crippen LogP contribution in [0.2, 0.25) is 0 Å². The van der Waals surface area contributed by atoms with E-state index in [0.717, 1.165) is 12.1 Å². The van der Waals surface area contributed by atoms with Crippen LogP contribution in [0, 0.1) is 0 Å². The van der Waals surface area contributed by atoms with E-state index >= 15 is 0 Å². The number of ether oxygens (including phenoxy) is 1. The smallest absolute Gasteiger partial charge is 0.416 e. The maximum absolute atomic E-state index is 12.9. The van der Waals surface area contributed by atoms with Gasteiger partial charge in [-0.15, -0.1) is 0 Å². The van der Waals surface area contributed by atoms with E-state index in [1.54, 1.807) is 6.07 Å². The van der Waals surface area contributed by atoms with Gasteiger partial charge in [-0.25, -0.2) is 9.97 Å². The number of alkyl halides is 3. The number of nitrogens with zero attached hydrogens (tertiary/aromatic N) is 3. The third-order valence-corrected chi connectivity index (χ3v) is 2.64. The number of benzene rings is 1. The Morgan fingerprint density at radius 2 is 1.77 bits per heavy atom. The number of carbonyl (C=O) groups is 1. The molecule has 0 aliphatic heterocycles. The maximum atomic E-state index is 12.9. The highest BCUT2D eigenvalue weighted by Crippen LogP contribution is 2.33. The Bertz CT molecular complexity index is 673. The molecule has 1 aromatic carbocycles. The zero-order valence-electron chi connectivity index (χ0n) is 11.8. The zero-order valence-corrected chi connectivity index (χ0v) is 11.8. The molecule has 22 heavy (non-hydrogen) atoms. The van der Waals surface area contributed by atoms with Crippen LogP contribution < -0.4 is 4.74 Å². The lowest BCUT2D eigenvalue weighted by molar-refractivity contribution is -0.137. The Kier molecular flexibility index (Phi) is 4.30. The van der Waals surface area contributed by atoms with E-state index in [0.29, 0.717) is 0 Å². The van der Waals surface area contributed by atoms with Crippen LogP contribution >= 0.6 is 0 Å². The fourth-order valence-electron chi connectivity index (χ4n) is 1.65. The molecule has 0 fully saturated rings. The van der Waals surface area contributed by atoms with E-state index < -0.39 is 17.6 Å². The molecule has 1 amide bonds. The van der Waals surface area contributed by atoms with Crippen LogP contribution in [-0.4, -0.2) is 34.9 Å². The van der Waals surface area contributed by atoms with E-state index in [4.69, 9.17) is 4.74 Å². The second-order valence-corrected chi connectivity index (χ2v) is 4.58. The molecule has 0 N–H and O–H groups in total. The molecule has 0 radical (unpaired) electrons. The predicted octanol–water partition coefficient (Wildman–Crippen LogP) is 2.99. The maximum Gasteiger partial charge on any atom is 0.416 e. The van der Waals surface area contributed by atoms with Gasteiger partial charge in [-0.3, -0.25) is 4.79 Å². The van der Waals surface area contributed by atoms with Gasteiger partial charge in [0.1, 0.15) is 5.75 Å². The summed E-state index contributed by atoms with van der Waals surface area (Å²) in [5.74, 6) is -0.726. The standard InChI is InChI=1S/C14H12F3N3O2/c1-20(2)12(21)9-6-10(14(15,16)17)8-11(7-9)22-13-18-4-3-5-19-13/h3-8H,1-2H3. The van der Waals surface area contributed by atoms with Gasteiger partial charge in [-0.05, 0) is 24.3 Å². The average molecular weight is 311 g/mol. The Morgan fingerprint density at radius 3 is 2.32 bits per heavy atom. The Hall–Kier alpha value is -2.64. The van der Waals surface area contributed by atoms with Crippen molar-refractivity contribution in [2.45, 2.75) is 6.18 Å². The molecular formula is C14H12F3N3O2. The van der Waals surface area contributed by atoms with Crippen molar-refractivity contribution >= 4 is 5.91 Å². The van der Waals surface area contributed by atoms with E-state index in [9.17, 15) is 18.0 Å². The molecule has 0 saturated heterocycles. The highest BCUT2D eigenvalue weighted by atomic mass is 19.4. The Balaban J connectivity index is 2.44. The van der Waals surface area contributed by atoms with Gasteiger partial charge < -0.3 is 9.64 Å². The van der Waals surface area contributed by atoms with Crippen molar-refractivity contribution in [3.05, 3.63) is 47.8 Å². The first-order chi connectivity index (χ1) is 10.3. The molecule has 0 spiro atoms. The predicted molar refractivity (Wildman–Crippen MR) is 71.6 cm³/mol. The Morgan fingerprint density at radius 1 is 1.14 bits per heavy atom. The molecule has 0 atom stereocenters. The zero-order chi connectivity index (χ0) is 16.3. The van der Waals surface area contributed by atoms with Crippen molar-refractivity contribution in [3.8, 4) is 11.8 Å². The largest absolute Gasteiger partial charge is 0.424 e. The summed E-state index contributed by atoms with van der Waals surface area (Å²) in [5, 5.41) is 0. The van der Waals surface area contributed by atoms with E-state index in [1.165, 1.54) is 37.5 Å². The van der Waals surface area contributed by atoms with Crippen LogP contribution in [0.3, 0.4) is 0 Å². The number of hydrogen-bond acceptors (Lipinski definition) is 4. The number of rotatable bonds is 3. The third kappa shape index (κ3) is 3.72. The fraction of sp³-hybridized carbons (Fsp3) is 0.214. The molecule has 0 aliphatic rings. The van der Waals surface area contributed by atoms with Crippen LogP contribution in [0.5, 0.6) is 11.8 Å². The number of carbonyl (C=O) groups excluding carboxylic acids is 1. The van der Waals surface area contributed by atoms with Crippen LogP contribution in [0.1, 0.15) is 15.9 Å². The molecule has 1 heterocycles. The molecule has 116 valence electrons. The van der Waals surface area contributed by atoms with Gasteiger partial charge >= 0.3 is 12.2 Å². The van der Waals surface area contributed by atoms with Crippen LogP contribution in [0.4, 0.5) is 13.2 Å². The van der Waals surface area contributed by atoms with Gasteiger partial charge in [0, 0.05) is 32.1 Å². The first-order valence-corrected chi connectivity index (χ1v) is 6.16. The molecule has 2 rings (SSSR count). The van der Waals surface area contributed by atoms with Crippen molar-refractivity contribution in [1.82, 2.24) is 14.9 Å². The SMILES string of the molecule is CN(C)C(=O)c1cc(Oc2ncccn2)cc(C(F)(F)F)c1. The van der Waals surface area contributed by atoms with Crippen LogP contribution in [0.25, 0.3) is 0 Å². The number of aromatic nitrogens is 2. The molecule has 0 unspecified atom stereocenters. The average Bonchev–Trinajstić information content (AvgIpc) is 2.46. The number of amides is 1. The van der Waals surface area contributed by atoms with Crippen LogP contribution in [-0.2, 0) is 6.18 Å². The topological polar surface area (TPSA) is 55.3 Å². The summed E-state index contributed by atoms with van der Waals surface area (Å²) in [4.78, 5) is 20.6. The van der Waals surface area contributed by atoms with Crippen LogP contribution in [0.15, 0.2) is 36.7 Å². The monoisotopic (exact) mass is 311 g/mol. The lowest BCUT2D eigenvalue weighted by atomic mass is 10.1. The summed E-state index contributed by atoms with van der Waals surface area (Å²) >= 11 is 0. The molecule has 1 aromatic heterocycles. The Labute approximate surface area is 124 Å². The normalized spacial score (nSPS) is 11.1. The highest BCUT2D eigenvalue weighted by molar-refractivity contribution is 5.94. The minimum absolute atomic E-state index is 0.106. The third-order valence-electron chi connectivity index (χ3n) is 2.64. The molecule has 5 nitrogen and oxygen atoms in total. The van der Waals surface area contributed by atoms with E-state index in [1.807, 2.05) is 0 Å². The van der Waals surface area contributed by atoms with Gasteiger partial charge in [0.05, 0.1) is 5.56 Å². The second kappa shape index (κ2) is 6.00. The summed E-state index contributed by atoms with van der Waals surface area (Å²) in [6, 6.07) is 4.22. The molecule has 0 saturated carbocycles. The molecule has 8 heteroatoms. The van der Waals surface area contributed by atoms with E-state index in [-0.39, 0.29) is 17.3 Å².